The lowest BCUT2D eigenvalue weighted by molar-refractivity contribution is 0.475. The van der Waals surface area contributed by atoms with Gasteiger partial charge in [0.2, 0.25) is 0 Å². The highest BCUT2D eigenvalue weighted by molar-refractivity contribution is 7.19. The fourth-order valence-electron chi connectivity index (χ4n) is 1.28. The maximum Gasteiger partial charge on any atom is 0.138 e. The van der Waals surface area contributed by atoms with Crippen molar-refractivity contribution in [1.82, 2.24) is 0 Å². The molecule has 0 saturated heterocycles. The number of fused-ring (bicyclic) bond motifs is 1. The van der Waals surface area contributed by atoms with Crippen LogP contribution in [0.15, 0.2) is 18.2 Å². The predicted octanol–water partition coefficient (Wildman–Crippen LogP) is 1.77. The maximum absolute atomic E-state index is 9.63. The van der Waals surface area contributed by atoms with Crippen LogP contribution >= 0.6 is 11.3 Å². The number of hydrogen-bond acceptors (Lipinski definition) is 4. The molecule has 0 spiro atoms. The molecule has 0 aliphatic heterocycles. The standard InChI is InChI=1S/C9H9NO2S/c10-4-7-8(12)5-2-1-3-6(11)9(5)13-7/h1-3,11-12H,4,10H2. The maximum atomic E-state index is 9.63. The van der Waals surface area contributed by atoms with Crippen molar-refractivity contribution in [1.29, 1.82) is 0 Å². The van der Waals surface area contributed by atoms with Crippen molar-refractivity contribution >= 4 is 21.4 Å². The van der Waals surface area contributed by atoms with E-state index in [2.05, 4.69) is 0 Å². The Bertz CT molecular complexity index is 450. The first kappa shape index (κ1) is 8.34. The first-order chi connectivity index (χ1) is 6.24. The molecule has 0 aliphatic carbocycles. The first-order valence-electron chi connectivity index (χ1n) is 3.86. The smallest absolute Gasteiger partial charge is 0.138 e. The van der Waals surface area contributed by atoms with Gasteiger partial charge in [-0.2, -0.15) is 0 Å². The lowest BCUT2D eigenvalue weighted by Crippen LogP contribution is -1.91. The number of phenols is 1. The van der Waals surface area contributed by atoms with Crippen molar-refractivity contribution in [2.45, 2.75) is 6.54 Å². The minimum absolute atomic E-state index is 0.192. The molecule has 1 aromatic heterocycles. The number of thiophene rings is 1. The van der Waals surface area contributed by atoms with Crippen LogP contribution in [0.3, 0.4) is 0 Å². The summed E-state index contributed by atoms with van der Waals surface area (Å²) in [6.07, 6.45) is 0. The van der Waals surface area contributed by atoms with Gasteiger partial charge in [0.1, 0.15) is 11.5 Å². The molecule has 4 heteroatoms. The van der Waals surface area contributed by atoms with Gasteiger partial charge in [-0.15, -0.1) is 11.3 Å². The molecule has 0 unspecified atom stereocenters. The second-order valence-electron chi connectivity index (χ2n) is 2.73. The largest absolute Gasteiger partial charge is 0.506 e. The average molecular weight is 195 g/mol. The molecular weight excluding hydrogens is 186 g/mol. The van der Waals surface area contributed by atoms with Crippen LogP contribution in [0.2, 0.25) is 0 Å². The van der Waals surface area contributed by atoms with E-state index in [1.165, 1.54) is 11.3 Å². The van der Waals surface area contributed by atoms with Gasteiger partial charge in [-0.05, 0) is 12.1 Å². The predicted molar refractivity (Wildman–Crippen MR) is 53.0 cm³/mol. The number of hydrogen-bond donors (Lipinski definition) is 3. The fourth-order valence-corrected chi connectivity index (χ4v) is 2.26. The molecular formula is C9H9NO2S. The molecule has 2 aromatic rings. The second kappa shape index (κ2) is 2.90. The average Bonchev–Trinajstić information content (AvgIpc) is 2.45. The molecule has 1 aromatic carbocycles. The van der Waals surface area contributed by atoms with Crippen LogP contribution in [-0.4, -0.2) is 10.2 Å². The van der Waals surface area contributed by atoms with Crippen LogP contribution in [-0.2, 0) is 6.54 Å². The molecule has 0 fully saturated rings. The molecule has 0 radical (unpaired) electrons. The Morgan fingerprint density at radius 1 is 1.31 bits per heavy atom. The summed E-state index contributed by atoms with van der Waals surface area (Å²) in [6, 6.07) is 5.06. The Kier molecular flexibility index (Phi) is 1.86. The SMILES string of the molecule is NCc1sc2c(O)cccc2c1O. The van der Waals surface area contributed by atoms with Crippen molar-refractivity contribution < 1.29 is 10.2 Å². The highest BCUT2D eigenvalue weighted by Gasteiger charge is 2.11. The quantitative estimate of drug-likeness (QED) is 0.649. The Morgan fingerprint density at radius 2 is 2.08 bits per heavy atom. The van der Waals surface area contributed by atoms with Crippen molar-refractivity contribution in [2.75, 3.05) is 0 Å². The van der Waals surface area contributed by atoms with Gasteiger partial charge in [-0.1, -0.05) is 6.07 Å². The Balaban J connectivity index is 2.83. The van der Waals surface area contributed by atoms with Gasteiger partial charge in [0.05, 0.1) is 9.58 Å². The molecule has 0 bridgehead atoms. The van der Waals surface area contributed by atoms with Crippen LogP contribution in [0.25, 0.3) is 10.1 Å². The van der Waals surface area contributed by atoms with E-state index in [-0.39, 0.29) is 11.5 Å². The van der Waals surface area contributed by atoms with Gasteiger partial charge in [0, 0.05) is 11.9 Å². The number of nitrogens with two attached hydrogens (primary N) is 1. The molecule has 0 amide bonds. The summed E-state index contributed by atoms with van der Waals surface area (Å²) in [5.74, 6) is 0.385. The van der Waals surface area contributed by atoms with Gasteiger partial charge in [0.15, 0.2) is 0 Å². The van der Waals surface area contributed by atoms with Crippen LogP contribution in [0.5, 0.6) is 11.5 Å². The number of rotatable bonds is 1. The summed E-state index contributed by atoms with van der Waals surface area (Å²) in [5.41, 5.74) is 5.43. The van der Waals surface area contributed by atoms with E-state index < -0.39 is 0 Å². The zero-order valence-electron chi connectivity index (χ0n) is 6.82. The zero-order chi connectivity index (χ0) is 9.42. The van der Waals surface area contributed by atoms with Gasteiger partial charge in [-0.25, -0.2) is 0 Å². The lowest BCUT2D eigenvalue weighted by atomic mass is 10.2. The molecule has 68 valence electrons. The highest BCUT2D eigenvalue weighted by Crippen LogP contribution is 2.40. The van der Waals surface area contributed by atoms with Gasteiger partial charge in [0.25, 0.3) is 0 Å². The van der Waals surface area contributed by atoms with E-state index >= 15 is 0 Å². The van der Waals surface area contributed by atoms with Crippen LogP contribution in [0, 0.1) is 0 Å². The summed E-state index contributed by atoms with van der Waals surface area (Å²) < 4.78 is 0.695. The van der Waals surface area contributed by atoms with E-state index in [0.29, 0.717) is 21.5 Å². The molecule has 1 heterocycles. The van der Waals surface area contributed by atoms with E-state index in [4.69, 9.17) is 5.73 Å². The fraction of sp³-hybridized carbons (Fsp3) is 0.111. The first-order valence-corrected chi connectivity index (χ1v) is 4.68. The van der Waals surface area contributed by atoms with Crippen molar-refractivity contribution in [3.63, 3.8) is 0 Å². The monoisotopic (exact) mass is 195 g/mol. The van der Waals surface area contributed by atoms with Crippen molar-refractivity contribution in [3.05, 3.63) is 23.1 Å². The van der Waals surface area contributed by atoms with Crippen LogP contribution < -0.4 is 5.73 Å². The highest BCUT2D eigenvalue weighted by atomic mass is 32.1. The molecule has 0 atom stereocenters. The molecule has 0 aliphatic rings. The summed E-state index contributed by atoms with van der Waals surface area (Å²) >= 11 is 1.33. The van der Waals surface area contributed by atoms with Crippen molar-refractivity contribution in [3.8, 4) is 11.5 Å². The van der Waals surface area contributed by atoms with Crippen molar-refractivity contribution in [2.24, 2.45) is 5.73 Å². The van der Waals surface area contributed by atoms with Crippen LogP contribution in [0.4, 0.5) is 0 Å². The molecule has 13 heavy (non-hydrogen) atoms. The van der Waals surface area contributed by atoms with E-state index in [9.17, 15) is 10.2 Å². The Hall–Kier alpha value is -1.26. The minimum Gasteiger partial charge on any atom is -0.506 e. The summed E-state index contributed by atoms with van der Waals surface area (Å²) in [5, 5.41) is 19.8. The number of benzene rings is 1. The van der Waals surface area contributed by atoms with E-state index in [0.717, 1.165) is 0 Å². The molecule has 0 saturated carbocycles. The second-order valence-corrected chi connectivity index (χ2v) is 3.84. The summed E-state index contributed by atoms with van der Waals surface area (Å²) in [4.78, 5) is 0.705. The third-order valence-electron chi connectivity index (χ3n) is 1.92. The minimum atomic E-state index is 0.192. The number of phenolic OH excluding ortho intramolecular Hbond substituents is 1. The van der Waals surface area contributed by atoms with E-state index in [1.54, 1.807) is 18.2 Å². The molecule has 2 rings (SSSR count). The summed E-state index contributed by atoms with van der Waals surface area (Å²) in [6.45, 7) is 0.296. The summed E-state index contributed by atoms with van der Waals surface area (Å²) in [7, 11) is 0. The normalized spacial score (nSPS) is 10.8. The third kappa shape index (κ3) is 1.15. The van der Waals surface area contributed by atoms with Gasteiger partial charge in [-0.3, -0.25) is 0 Å². The molecule has 3 nitrogen and oxygen atoms in total. The Morgan fingerprint density at radius 3 is 2.69 bits per heavy atom. The topological polar surface area (TPSA) is 66.5 Å². The number of aromatic hydroxyl groups is 2. The lowest BCUT2D eigenvalue weighted by Gasteiger charge is -1.92. The van der Waals surface area contributed by atoms with Crippen LogP contribution in [0.1, 0.15) is 4.88 Å². The third-order valence-corrected chi connectivity index (χ3v) is 3.16. The van der Waals surface area contributed by atoms with E-state index in [1.807, 2.05) is 0 Å². The van der Waals surface area contributed by atoms with Gasteiger partial charge < -0.3 is 15.9 Å². The Labute approximate surface area is 79.0 Å². The zero-order valence-corrected chi connectivity index (χ0v) is 7.64. The van der Waals surface area contributed by atoms with Gasteiger partial charge >= 0.3 is 0 Å². The molecule has 4 N–H and O–H groups in total.